The van der Waals surface area contributed by atoms with Crippen LogP contribution in [0.3, 0.4) is 0 Å². The molecule has 12 heteroatoms. The number of nitrogens with one attached hydrogen (secondary N) is 2. The maximum Gasteiger partial charge on any atom is 0.344 e. The van der Waals surface area contributed by atoms with Gasteiger partial charge < -0.3 is 22.6 Å². The van der Waals surface area contributed by atoms with Crippen molar-refractivity contribution in [3.8, 4) is 0 Å². The lowest BCUT2D eigenvalue weighted by Crippen LogP contribution is -3.15. The van der Waals surface area contributed by atoms with E-state index in [0.29, 0.717) is 23.6 Å². The molecular formula is C22H28ClN5O6. The second-order valence-electron chi connectivity index (χ2n) is 7.40. The SMILES string of the molecule is CCN(CC)CCC[NH+](CC(=O)Nc1ccc([N+](=O)[O-])cc1)C(=O)c1ccc([N+](=O)[O-])cc1.[Cl-]. The van der Waals surface area contributed by atoms with E-state index in [4.69, 9.17) is 0 Å². The van der Waals surface area contributed by atoms with E-state index in [9.17, 15) is 29.8 Å². The lowest BCUT2D eigenvalue weighted by Gasteiger charge is -2.21. The van der Waals surface area contributed by atoms with Crippen LogP contribution in [0.25, 0.3) is 0 Å². The van der Waals surface area contributed by atoms with E-state index in [1.165, 1.54) is 48.5 Å². The summed E-state index contributed by atoms with van der Waals surface area (Å²) < 4.78 is 0. The Morgan fingerprint density at radius 3 is 1.88 bits per heavy atom. The number of halogens is 1. The Morgan fingerprint density at radius 1 is 0.912 bits per heavy atom. The van der Waals surface area contributed by atoms with Crippen LogP contribution in [-0.2, 0) is 4.79 Å². The van der Waals surface area contributed by atoms with Crippen LogP contribution in [0.15, 0.2) is 48.5 Å². The van der Waals surface area contributed by atoms with E-state index in [2.05, 4.69) is 10.2 Å². The average molecular weight is 494 g/mol. The number of nitro benzene ring substituents is 2. The Hall–Kier alpha value is -3.41. The monoisotopic (exact) mass is 493 g/mol. The molecule has 0 spiro atoms. The lowest BCUT2D eigenvalue weighted by molar-refractivity contribution is -0.805. The Morgan fingerprint density at radius 2 is 1.41 bits per heavy atom. The molecule has 2 aromatic rings. The van der Waals surface area contributed by atoms with Gasteiger partial charge in [-0.25, -0.2) is 4.79 Å². The summed E-state index contributed by atoms with van der Waals surface area (Å²) in [7, 11) is 0. The number of hydrogen-bond acceptors (Lipinski definition) is 7. The fraction of sp³-hybridized carbons (Fsp3) is 0.364. The topological polar surface area (TPSA) is 140 Å². The van der Waals surface area contributed by atoms with Crippen molar-refractivity contribution in [3.63, 3.8) is 0 Å². The molecule has 2 N–H and O–H groups in total. The van der Waals surface area contributed by atoms with Crippen LogP contribution in [0.2, 0.25) is 0 Å². The Kier molecular flexibility index (Phi) is 11.8. The van der Waals surface area contributed by atoms with Gasteiger partial charge in [0.25, 0.3) is 17.3 Å². The molecule has 0 aliphatic rings. The van der Waals surface area contributed by atoms with Crippen molar-refractivity contribution in [2.75, 3.05) is 38.0 Å². The zero-order valence-corrected chi connectivity index (χ0v) is 19.8. The van der Waals surface area contributed by atoms with Crippen LogP contribution in [0.5, 0.6) is 0 Å². The predicted octanol–water partition coefficient (Wildman–Crippen LogP) is -1.10. The third kappa shape index (κ3) is 8.50. The highest BCUT2D eigenvalue weighted by Crippen LogP contribution is 2.15. The van der Waals surface area contributed by atoms with Gasteiger partial charge in [0.2, 0.25) is 0 Å². The highest BCUT2D eigenvalue weighted by Gasteiger charge is 2.25. The summed E-state index contributed by atoms with van der Waals surface area (Å²) in [6, 6.07) is 10.7. The molecule has 0 saturated carbocycles. The number of amides is 2. The van der Waals surface area contributed by atoms with Crippen molar-refractivity contribution >= 4 is 28.9 Å². The minimum absolute atomic E-state index is 0. The molecule has 34 heavy (non-hydrogen) atoms. The van der Waals surface area contributed by atoms with Gasteiger partial charge in [-0.2, -0.15) is 0 Å². The minimum atomic E-state index is -0.541. The van der Waals surface area contributed by atoms with Crippen molar-refractivity contribution in [2.24, 2.45) is 0 Å². The largest absolute Gasteiger partial charge is 1.00 e. The van der Waals surface area contributed by atoms with E-state index in [-0.39, 0.29) is 41.8 Å². The Bertz CT molecular complexity index is 980. The third-order valence-electron chi connectivity index (χ3n) is 5.24. The molecule has 2 rings (SSSR count). The summed E-state index contributed by atoms with van der Waals surface area (Å²) in [6.45, 7) is 6.88. The molecule has 2 amide bonds. The van der Waals surface area contributed by atoms with Gasteiger partial charge in [0, 0.05) is 42.9 Å². The molecule has 0 bridgehead atoms. The van der Waals surface area contributed by atoms with Gasteiger partial charge in [-0.15, -0.1) is 0 Å². The Balaban J connectivity index is 0.00000578. The van der Waals surface area contributed by atoms with Crippen LogP contribution < -0.4 is 22.6 Å². The van der Waals surface area contributed by atoms with Crippen molar-refractivity contribution in [1.29, 1.82) is 0 Å². The van der Waals surface area contributed by atoms with Crippen molar-refractivity contribution in [2.45, 2.75) is 20.3 Å². The second kappa shape index (κ2) is 14.0. The summed E-state index contributed by atoms with van der Waals surface area (Å²) in [5.74, 6) is -0.750. The van der Waals surface area contributed by atoms with Gasteiger partial charge in [-0.05, 0) is 37.4 Å². The number of nitro groups is 2. The molecular weight excluding hydrogens is 466 g/mol. The first kappa shape index (κ1) is 28.6. The summed E-state index contributed by atoms with van der Waals surface area (Å²) in [4.78, 5) is 48.9. The first-order valence-electron chi connectivity index (χ1n) is 10.7. The zero-order chi connectivity index (χ0) is 24.4. The number of hydrogen-bond donors (Lipinski definition) is 2. The molecule has 0 aliphatic carbocycles. The van der Waals surface area contributed by atoms with E-state index < -0.39 is 15.8 Å². The Labute approximate surface area is 203 Å². The van der Waals surface area contributed by atoms with Crippen LogP contribution >= 0.6 is 0 Å². The predicted molar refractivity (Wildman–Crippen MR) is 122 cm³/mol. The molecule has 0 fully saturated rings. The normalized spacial score (nSPS) is 11.4. The van der Waals surface area contributed by atoms with Gasteiger partial charge in [0.1, 0.15) is 0 Å². The minimum Gasteiger partial charge on any atom is -1.00 e. The summed E-state index contributed by atoms with van der Waals surface area (Å²) >= 11 is 0. The molecule has 11 nitrogen and oxygen atoms in total. The van der Waals surface area contributed by atoms with Crippen molar-refractivity contribution in [1.82, 2.24) is 4.90 Å². The molecule has 1 atom stereocenters. The second-order valence-corrected chi connectivity index (χ2v) is 7.40. The van der Waals surface area contributed by atoms with Gasteiger partial charge in [0.05, 0.1) is 22.0 Å². The molecule has 0 aliphatic heterocycles. The zero-order valence-electron chi connectivity index (χ0n) is 19.0. The van der Waals surface area contributed by atoms with E-state index in [0.717, 1.165) is 19.6 Å². The average Bonchev–Trinajstić information content (AvgIpc) is 2.81. The first-order chi connectivity index (χ1) is 15.7. The van der Waals surface area contributed by atoms with E-state index >= 15 is 0 Å². The number of non-ortho nitro benzene ring substituents is 2. The molecule has 0 radical (unpaired) electrons. The van der Waals surface area contributed by atoms with E-state index in [1.807, 2.05) is 13.8 Å². The standard InChI is InChI=1S/C22H27N5O6.ClH/c1-3-24(4-2)14-5-15-25(22(29)17-6-10-19(11-7-17)26(30)31)16-21(28)23-18-8-12-20(13-9-18)27(32)33;/h6-13H,3-5,14-16H2,1-2H3,(H,23,28);1H. The number of rotatable bonds is 12. The summed E-state index contributed by atoms with van der Waals surface area (Å²) in [5.41, 5.74) is 0.452. The fourth-order valence-corrected chi connectivity index (χ4v) is 3.34. The van der Waals surface area contributed by atoms with Crippen LogP contribution in [0.1, 0.15) is 30.6 Å². The number of carbonyl (C=O) groups excluding carboxylic acids is 2. The van der Waals surface area contributed by atoms with Crippen LogP contribution in [0.4, 0.5) is 17.1 Å². The quantitative estimate of drug-likeness (QED) is 0.282. The number of anilines is 1. The fourth-order valence-electron chi connectivity index (χ4n) is 3.34. The van der Waals surface area contributed by atoms with Gasteiger partial charge in [-0.1, -0.05) is 13.8 Å². The maximum absolute atomic E-state index is 13.1. The highest BCUT2D eigenvalue weighted by molar-refractivity contribution is 5.94. The van der Waals surface area contributed by atoms with Gasteiger partial charge in [0.15, 0.2) is 6.54 Å². The highest BCUT2D eigenvalue weighted by atomic mass is 35.5. The maximum atomic E-state index is 13.1. The number of carbonyl (C=O) groups is 2. The molecule has 0 aromatic heterocycles. The molecule has 184 valence electrons. The smallest absolute Gasteiger partial charge is 0.344 e. The number of quaternary nitrogens is 1. The molecule has 1 unspecified atom stereocenters. The van der Waals surface area contributed by atoms with Gasteiger partial charge in [-0.3, -0.25) is 29.9 Å². The number of nitrogens with zero attached hydrogens (tertiary/aromatic N) is 3. The van der Waals surface area contributed by atoms with Crippen LogP contribution in [-0.4, -0.2) is 59.3 Å². The first-order valence-corrected chi connectivity index (χ1v) is 10.7. The lowest BCUT2D eigenvalue weighted by atomic mass is 10.1. The van der Waals surface area contributed by atoms with E-state index in [1.54, 1.807) is 0 Å². The van der Waals surface area contributed by atoms with Crippen molar-refractivity contribution < 1.29 is 36.7 Å². The molecule has 0 heterocycles. The third-order valence-corrected chi connectivity index (χ3v) is 5.24. The summed E-state index contributed by atoms with van der Waals surface area (Å²) in [6.07, 6.45) is 0.681. The summed E-state index contributed by atoms with van der Waals surface area (Å²) in [5, 5.41) is 24.3. The van der Waals surface area contributed by atoms with Crippen LogP contribution in [0, 0.1) is 20.2 Å². The number of benzene rings is 2. The van der Waals surface area contributed by atoms with Crippen molar-refractivity contribution in [3.05, 3.63) is 74.3 Å². The van der Waals surface area contributed by atoms with Gasteiger partial charge >= 0.3 is 5.91 Å². The molecule has 0 saturated heterocycles. The molecule has 2 aromatic carbocycles.